The number of benzene rings is 1. The standard InChI is InChI=1S/C16H17FN2O3S2/c1-10-3-4-13(8-14(10)17)18-24(21,22)16-7-12-9-19(11(2)20)6-5-15(12)23-16/h3-4,7-8,18H,5-6,9H2,1-2H3. The minimum absolute atomic E-state index is 0.0236. The molecular formula is C16H17FN2O3S2. The lowest BCUT2D eigenvalue weighted by Crippen LogP contribution is -2.33. The Morgan fingerprint density at radius 1 is 1.33 bits per heavy atom. The number of carbonyl (C=O) groups excluding carboxylic acids is 1. The average molecular weight is 368 g/mol. The molecule has 1 N–H and O–H groups in total. The van der Waals surface area contributed by atoms with Crippen molar-refractivity contribution in [2.24, 2.45) is 0 Å². The summed E-state index contributed by atoms with van der Waals surface area (Å²) in [5.41, 5.74) is 1.50. The number of rotatable bonds is 3. The number of amides is 1. The van der Waals surface area contributed by atoms with Crippen molar-refractivity contribution in [1.82, 2.24) is 4.90 Å². The molecule has 1 aliphatic rings. The number of hydrogen-bond acceptors (Lipinski definition) is 4. The second-order valence-electron chi connectivity index (χ2n) is 5.77. The van der Waals surface area contributed by atoms with Crippen molar-refractivity contribution in [3.8, 4) is 0 Å². The van der Waals surface area contributed by atoms with Crippen molar-refractivity contribution in [3.05, 3.63) is 46.1 Å². The predicted molar refractivity (Wildman–Crippen MR) is 91.1 cm³/mol. The lowest BCUT2D eigenvalue weighted by molar-refractivity contribution is -0.129. The van der Waals surface area contributed by atoms with Crippen LogP contribution in [-0.4, -0.2) is 25.8 Å². The number of nitrogens with one attached hydrogen (secondary N) is 1. The van der Waals surface area contributed by atoms with Crippen molar-refractivity contribution in [2.75, 3.05) is 11.3 Å². The van der Waals surface area contributed by atoms with Crippen LogP contribution in [0.4, 0.5) is 10.1 Å². The van der Waals surface area contributed by atoms with Gasteiger partial charge >= 0.3 is 0 Å². The summed E-state index contributed by atoms with van der Waals surface area (Å²) in [5, 5.41) is 0. The second-order valence-corrected chi connectivity index (χ2v) is 8.82. The predicted octanol–water partition coefficient (Wildman–Crippen LogP) is 2.90. The van der Waals surface area contributed by atoms with Crippen LogP contribution >= 0.6 is 11.3 Å². The number of carbonyl (C=O) groups is 1. The molecular weight excluding hydrogens is 351 g/mol. The van der Waals surface area contributed by atoms with Gasteiger partial charge in [-0.1, -0.05) is 6.07 Å². The maximum Gasteiger partial charge on any atom is 0.271 e. The van der Waals surface area contributed by atoms with Crippen molar-refractivity contribution in [3.63, 3.8) is 0 Å². The maximum atomic E-state index is 13.6. The maximum absolute atomic E-state index is 13.6. The minimum atomic E-state index is -3.78. The molecule has 8 heteroatoms. The zero-order chi connectivity index (χ0) is 17.5. The first-order valence-electron chi connectivity index (χ1n) is 7.42. The Hall–Kier alpha value is -1.93. The van der Waals surface area contributed by atoms with Crippen LogP contribution in [0, 0.1) is 12.7 Å². The van der Waals surface area contributed by atoms with Gasteiger partial charge in [-0.05, 0) is 42.7 Å². The third-order valence-corrected chi connectivity index (χ3v) is 7.07. The number of aryl methyl sites for hydroxylation is 1. The number of nitrogens with zero attached hydrogens (tertiary/aromatic N) is 1. The monoisotopic (exact) mass is 368 g/mol. The summed E-state index contributed by atoms with van der Waals surface area (Å²) in [6.07, 6.45) is 0.647. The van der Waals surface area contributed by atoms with E-state index in [2.05, 4.69) is 4.72 Å². The first kappa shape index (κ1) is 16.9. The number of sulfonamides is 1. The summed E-state index contributed by atoms with van der Waals surface area (Å²) < 4.78 is 41.2. The van der Waals surface area contributed by atoms with Gasteiger partial charge in [0.05, 0.1) is 5.69 Å². The van der Waals surface area contributed by atoms with Gasteiger partial charge in [0.25, 0.3) is 10.0 Å². The normalized spacial score (nSPS) is 14.4. The fraction of sp³-hybridized carbons (Fsp3) is 0.312. The van der Waals surface area contributed by atoms with Gasteiger partial charge < -0.3 is 4.90 Å². The van der Waals surface area contributed by atoms with Crippen LogP contribution in [0.3, 0.4) is 0 Å². The SMILES string of the molecule is CC(=O)N1CCc2sc(S(=O)(=O)Nc3ccc(C)c(F)c3)cc2C1. The molecule has 128 valence electrons. The van der Waals surface area contributed by atoms with E-state index in [1.807, 2.05) is 0 Å². The van der Waals surface area contributed by atoms with E-state index in [0.29, 0.717) is 25.1 Å². The molecule has 0 unspecified atom stereocenters. The molecule has 24 heavy (non-hydrogen) atoms. The zero-order valence-corrected chi connectivity index (χ0v) is 14.9. The van der Waals surface area contributed by atoms with Crippen LogP contribution in [-0.2, 0) is 27.8 Å². The Morgan fingerprint density at radius 3 is 2.75 bits per heavy atom. The van der Waals surface area contributed by atoms with Gasteiger partial charge in [-0.25, -0.2) is 12.8 Å². The van der Waals surface area contributed by atoms with Gasteiger partial charge in [0.1, 0.15) is 10.0 Å². The third-order valence-electron chi connectivity index (χ3n) is 3.98. The third kappa shape index (κ3) is 3.29. The molecule has 0 fully saturated rings. The Balaban J connectivity index is 1.86. The molecule has 2 heterocycles. The first-order valence-corrected chi connectivity index (χ1v) is 9.72. The van der Waals surface area contributed by atoms with E-state index in [0.717, 1.165) is 16.5 Å². The van der Waals surface area contributed by atoms with Gasteiger partial charge in [-0.2, -0.15) is 0 Å². The van der Waals surface area contributed by atoms with Gasteiger partial charge in [0.2, 0.25) is 5.91 Å². The van der Waals surface area contributed by atoms with E-state index >= 15 is 0 Å². The van der Waals surface area contributed by atoms with Crippen molar-refractivity contribution < 1.29 is 17.6 Å². The topological polar surface area (TPSA) is 66.5 Å². The molecule has 1 aromatic carbocycles. The molecule has 0 bridgehead atoms. The molecule has 1 amide bonds. The number of thiophene rings is 1. The largest absolute Gasteiger partial charge is 0.338 e. The van der Waals surface area contributed by atoms with E-state index < -0.39 is 15.8 Å². The summed E-state index contributed by atoms with van der Waals surface area (Å²) >= 11 is 1.20. The van der Waals surface area contributed by atoms with Crippen LogP contribution in [0.15, 0.2) is 28.5 Å². The van der Waals surface area contributed by atoms with Crippen molar-refractivity contribution in [1.29, 1.82) is 0 Å². The molecule has 0 saturated carbocycles. The molecule has 0 radical (unpaired) electrons. The van der Waals surface area contributed by atoms with Gasteiger partial charge in [-0.3, -0.25) is 9.52 Å². The fourth-order valence-corrected chi connectivity index (χ4v) is 5.16. The van der Waals surface area contributed by atoms with E-state index in [1.54, 1.807) is 17.9 Å². The number of hydrogen-bond donors (Lipinski definition) is 1. The highest BCUT2D eigenvalue weighted by Crippen LogP contribution is 2.32. The van der Waals surface area contributed by atoms with Crippen molar-refractivity contribution in [2.45, 2.75) is 31.0 Å². The van der Waals surface area contributed by atoms with Crippen LogP contribution < -0.4 is 4.72 Å². The molecule has 3 rings (SSSR count). The molecule has 1 aromatic heterocycles. The lowest BCUT2D eigenvalue weighted by atomic mass is 10.1. The zero-order valence-electron chi connectivity index (χ0n) is 13.3. The Kier molecular flexibility index (Phi) is 4.35. The molecule has 0 spiro atoms. The highest BCUT2D eigenvalue weighted by atomic mass is 32.2. The van der Waals surface area contributed by atoms with Crippen LogP contribution in [0.1, 0.15) is 22.9 Å². The van der Waals surface area contributed by atoms with E-state index in [1.165, 1.54) is 30.4 Å². The van der Waals surface area contributed by atoms with Crippen LogP contribution in [0.25, 0.3) is 0 Å². The number of fused-ring (bicyclic) bond motifs is 1. The number of anilines is 1. The minimum Gasteiger partial charge on any atom is -0.338 e. The summed E-state index contributed by atoms with van der Waals surface area (Å²) in [4.78, 5) is 14.1. The van der Waals surface area contributed by atoms with Crippen LogP contribution in [0.5, 0.6) is 0 Å². The molecule has 0 aliphatic carbocycles. The van der Waals surface area contributed by atoms with E-state index in [-0.39, 0.29) is 15.8 Å². The van der Waals surface area contributed by atoms with Crippen molar-refractivity contribution >= 4 is 33.0 Å². The van der Waals surface area contributed by atoms with Gasteiger partial charge in [0, 0.05) is 24.9 Å². The fourth-order valence-electron chi connectivity index (χ4n) is 2.57. The van der Waals surface area contributed by atoms with Gasteiger partial charge in [0.15, 0.2) is 0 Å². The average Bonchev–Trinajstić information content (AvgIpc) is 2.94. The number of halogens is 1. The first-order chi connectivity index (χ1) is 11.3. The highest BCUT2D eigenvalue weighted by molar-refractivity contribution is 7.94. The summed E-state index contributed by atoms with van der Waals surface area (Å²) in [7, 11) is -3.78. The summed E-state index contributed by atoms with van der Waals surface area (Å²) in [6, 6.07) is 5.82. The van der Waals surface area contributed by atoms with E-state index in [4.69, 9.17) is 0 Å². The Bertz CT molecular complexity index is 906. The molecule has 5 nitrogen and oxygen atoms in total. The van der Waals surface area contributed by atoms with Crippen LogP contribution in [0.2, 0.25) is 0 Å². The molecule has 0 atom stereocenters. The Labute approximate surface area is 144 Å². The molecule has 2 aromatic rings. The van der Waals surface area contributed by atoms with Gasteiger partial charge in [-0.15, -0.1) is 11.3 Å². The summed E-state index contributed by atoms with van der Waals surface area (Å²) in [6.45, 7) is 4.14. The second kappa shape index (κ2) is 6.18. The smallest absolute Gasteiger partial charge is 0.271 e. The molecule has 1 aliphatic heterocycles. The quantitative estimate of drug-likeness (QED) is 0.906. The van der Waals surface area contributed by atoms with E-state index in [9.17, 15) is 17.6 Å². The summed E-state index contributed by atoms with van der Waals surface area (Å²) in [5.74, 6) is -0.484. The Morgan fingerprint density at radius 2 is 2.08 bits per heavy atom. The lowest BCUT2D eigenvalue weighted by Gasteiger charge is -2.25. The molecule has 0 saturated heterocycles. The highest BCUT2D eigenvalue weighted by Gasteiger charge is 2.25.